The number of nitrogens with zero attached hydrogens (tertiary/aromatic N) is 1. The Bertz CT molecular complexity index is 511. The van der Waals surface area contributed by atoms with Gasteiger partial charge in [0, 0.05) is 24.4 Å². The average molecular weight is 282 g/mol. The van der Waals surface area contributed by atoms with E-state index in [1.165, 1.54) is 0 Å². The molecule has 0 radical (unpaired) electrons. The third-order valence-corrected chi connectivity index (χ3v) is 5.50. The molecule has 0 bridgehead atoms. The number of hydrogen-bond donors (Lipinski definition) is 1. The highest BCUT2D eigenvalue weighted by Crippen LogP contribution is 2.23. The van der Waals surface area contributed by atoms with E-state index in [-0.39, 0.29) is 12.0 Å². The second kappa shape index (κ2) is 6.01. The Morgan fingerprint density at radius 2 is 2.26 bits per heavy atom. The summed E-state index contributed by atoms with van der Waals surface area (Å²) in [5.41, 5.74) is 2.17. The van der Waals surface area contributed by atoms with Crippen molar-refractivity contribution >= 4 is 9.84 Å². The molecule has 2 rings (SSSR count). The van der Waals surface area contributed by atoms with Gasteiger partial charge in [-0.05, 0) is 37.4 Å². The summed E-state index contributed by atoms with van der Waals surface area (Å²) in [5, 5.41) is 3.42. The molecule has 1 aromatic rings. The van der Waals surface area contributed by atoms with Gasteiger partial charge in [0.05, 0.1) is 11.5 Å². The molecular weight excluding hydrogens is 260 g/mol. The summed E-state index contributed by atoms with van der Waals surface area (Å²) in [7, 11) is -2.82. The van der Waals surface area contributed by atoms with E-state index in [1.54, 1.807) is 0 Å². The number of hydrogen-bond acceptors (Lipinski definition) is 4. The third-order valence-electron chi connectivity index (χ3n) is 3.70. The normalized spacial score (nSPS) is 23.4. The van der Waals surface area contributed by atoms with Crippen molar-refractivity contribution in [2.75, 3.05) is 18.1 Å². The van der Waals surface area contributed by atoms with Crippen LogP contribution in [0, 0.1) is 12.8 Å². The van der Waals surface area contributed by atoms with Crippen LogP contribution in [0.15, 0.2) is 18.3 Å². The fourth-order valence-electron chi connectivity index (χ4n) is 2.65. The van der Waals surface area contributed by atoms with Crippen molar-refractivity contribution in [3.05, 3.63) is 29.6 Å². The minimum Gasteiger partial charge on any atom is -0.314 e. The van der Waals surface area contributed by atoms with Gasteiger partial charge in [-0.1, -0.05) is 13.0 Å². The molecule has 5 heteroatoms. The zero-order chi connectivity index (χ0) is 13.9. The molecule has 1 N–H and O–H groups in total. The van der Waals surface area contributed by atoms with Gasteiger partial charge in [0.25, 0.3) is 0 Å². The zero-order valence-electron chi connectivity index (χ0n) is 11.6. The maximum absolute atomic E-state index is 11.6. The fourth-order valence-corrected chi connectivity index (χ4v) is 4.53. The van der Waals surface area contributed by atoms with Crippen LogP contribution in [-0.2, 0) is 16.3 Å². The molecule has 1 aliphatic rings. The predicted octanol–water partition coefficient (Wildman–Crippen LogP) is 1.35. The first kappa shape index (κ1) is 14.5. The standard InChI is InChI=1S/C14H22N2O2S/c1-3-15-14(12-6-7-19(17,18)10-12)8-13-5-4-11(2)9-16-13/h4-5,9,12,14-15H,3,6-8,10H2,1-2H3. The van der Waals surface area contributed by atoms with Crippen LogP contribution in [0.3, 0.4) is 0 Å². The molecule has 0 saturated carbocycles. The van der Waals surface area contributed by atoms with Crippen LogP contribution >= 0.6 is 0 Å². The summed E-state index contributed by atoms with van der Waals surface area (Å²) in [4.78, 5) is 4.42. The lowest BCUT2D eigenvalue weighted by Gasteiger charge is -2.23. The minimum absolute atomic E-state index is 0.206. The van der Waals surface area contributed by atoms with Crippen molar-refractivity contribution in [1.82, 2.24) is 10.3 Å². The van der Waals surface area contributed by atoms with Gasteiger partial charge in [0.1, 0.15) is 0 Å². The number of likely N-dealkylation sites (N-methyl/N-ethyl adjacent to an activating group) is 1. The van der Waals surface area contributed by atoms with E-state index in [4.69, 9.17) is 0 Å². The van der Waals surface area contributed by atoms with Crippen molar-refractivity contribution in [3.63, 3.8) is 0 Å². The molecule has 1 aromatic heterocycles. The molecule has 0 aliphatic carbocycles. The number of aromatic nitrogens is 1. The highest BCUT2D eigenvalue weighted by atomic mass is 32.2. The van der Waals surface area contributed by atoms with Crippen molar-refractivity contribution in [2.45, 2.75) is 32.7 Å². The van der Waals surface area contributed by atoms with Crippen molar-refractivity contribution in [2.24, 2.45) is 5.92 Å². The molecule has 2 heterocycles. The molecule has 1 aliphatic heterocycles. The molecule has 0 aromatic carbocycles. The smallest absolute Gasteiger partial charge is 0.150 e. The van der Waals surface area contributed by atoms with Gasteiger partial charge in [-0.15, -0.1) is 0 Å². The van der Waals surface area contributed by atoms with Gasteiger partial charge in [-0.25, -0.2) is 8.42 Å². The SMILES string of the molecule is CCNC(Cc1ccc(C)cn1)C1CCS(=O)(=O)C1. The molecule has 19 heavy (non-hydrogen) atoms. The van der Waals surface area contributed by atoms with E-state index >= 15 is 0 Å². The van der Waals surface area contributed by atoms with Gasteiger partial charge < -0.3 is 5.32 Å². The molecule has 2 unspecified atom stereocenters. The fraction of sp³-hybridized carbons (Fsp3) is 0.643. The first-order valence-electron chi connectivity index (χ1n) is 6.85. The second-order valence-electron chi connectivity index (χ2n) is 5.36. The average Bonchev–Trinajstić information content (AvgIpc) is 2.72. The summed E-state index contributed by atoms with van der Waals surface area (Å²) in [5.74, 6) is 0.866. The van der Waals surface area contributed by atoms with Gasteiger partial charge >= 0.3 is 0 Å². The summed E-state index contributed by atoms with van der Waals surface area (Å²) < 4.78 is 23.2. The summed E-state index contributed by atoms with van der Waals surface area (Å²) in [6.45, 7) is 4.92. The molecular formula is C14H22N2O2S. The van der Waals surface area contributed by atoms with Crippen LogP contribution < -0.4 is 5.32 Å². The number of nitrogens with one attached hydrogen (secondary N) is 1. The topological polar surface area (TPSA) is 59.1 Å². The van der Waals surface area contributed by atoms with Gasteiger partial charge in [-0.3, -0.25) is 4.98 Å². The van der Waals surface area contributed by atoms with Crippen LogP contribution in [0.2, 0.25) is 0 Å². The molecule has 2 atom stereocenters. The van der Waals surface area contributed by atoms with Crippen LogP contribution in [-0.4, -0.2) is 37.5 Å². The first-order valence-corrected chi connectivity index (χ1v) is 8.67. The predicted molar refractivity (Wildman–Crippen MR) is 76.9 cm³/mol. The van der Waals surface area contributed by atoms with Gasteiger partial charge in [0.2, 0.25) is 0 Å². The highest BCUT2D eigenvalue weighted by Gasteiger charge is 2.33. The Morgan fingerprint density at radius 1 is 1.47 bits per heavy atom. The van der Waals surface area contributed by atoms with Crippen LogP contribution in [0.1, 0.15) is 24.6 Å². The number of rotatable bonds is 5. The van der Waals surface area contributed by atoms with E-state index < -0.39 is 9.84 Å². The van der Waals surface area contributed by atoms with Crippen molar-refractivity contribution in [1.29, 1.82) is 0 Å². The monoisotopic (exact) mass is 282 g/mol. The Balaban J connectivity index is 2.06. The number of sulfone groups is 1. The van der Waals surface area contributed by atoms with E-state index in [0.29, 0.717) is 11.5 Å². The maximum Gasteiger partial charge on any atom is 0.150 e. The molecule has 106 valence electrons. The molecule has 0 spiro atoms. The Kier molecular flexibility index (Phi) is 4.58. The van der Waals surface area contributed by atoms with E-state index in [9.17, 15) is 8.42 Å². The Hall–Kier alpha value is -0.940. The van der Waals surface area contributed by atoms with Crippen LogP contribution in [0.5, 0.6) is 0 Å². The zero-order valence-corrected chi connectivity index (χ0v) is 12.4. The lowest BCUT2D eigenvalue weighted by atomic mass is 9.94. The Labute approximate surface area is 115 Å². The lowest BCUT2D eigenvalue weighted by molar-refractivity contribution is 0.383. The molecule has 1 saturated heterocycles. The molecule has 4 nitrogen and oxygen atoms in total. The second-order valence-corrected chi connectivity index (χ2v) is 7.59. The van der Waals surface area contributed by atoms with E-state index in [1.807, 2.05) is 19.2 Å². The largest absolute Gasteiger partial charge is 0.314 e. The minimum atomic E-state index is -2.82. The summed E-state index contributed by atoms with van der Waals surface area (Å²) in [6, 6.07) is 4.29. The molecule has 0 amide bonds. The molecule has 1 fully saturated rings. The maximum atomic E-state index is 11.6. The van der Waals surface area contributed by atoms with Crippen LogP contribution in [0.4, 0.5) is 0 Å². The lowest BCUT2D eigenvalue weighted by Crippen LogP contribution is -2.38. The van der Waals surface area contributed by atoms with Crippen molar-refractivity contribution in [3.8, 4) is 0 Å². The highest BCUT2D eigenvalue weighted by molar-refractivity contribution is 7.91. The van der Waals surface area contributed by atoms with Crippen LogP contribution in [0.25, 0.3) is 0 Å². The van der Waals surface area contributed by atoms with E-state index in [2.05, 4.69) is 23.3 Å². The Morgan fingerprint density at radius 3 is 2.79 bits per heavy atom. The third kappa shape index (κ3) is 4.01. The van der Waals surface area contributed by atoms with E-state index in [0.717, 1.165) is 30.6 Å². The van der Waals surface area contributed by atoms with Gasteiger partial charge in [0.15, 0.2) is 9.84 Å². The van der Waals surface area contributed by atoms with Gasteiger partial charge in [-0.2, -0.15) is 0 Å². The summed E-state index contributed by atoms with van der Waals surface area (Å²) in [6.07, 6.45) is 3.43. The summed E-state index contributed by atoms with van der Waals surface area (Å²) >= 11 is 0. The first-order chi connectivity index (χ1) is 9.00. The quantitative estimate of drug-likeness (QED) is 0.885. The number of aryl methyl sites for hydroxylation is 1. The number of pyridine rings is 1. The van der Waals surface area contributed by atoms with Crippen molar-refractivity contribution < 1.29 is 8.42 Å².